The molecule has 0 radical (unpaired) electrons. The summed E-state index contributed by atoms with van der Waals surface area (Å²) >= 11 is 0. The van der Waals surface area contributed by atoms with Gasteiger partial charge in [-0.1, -0.05) is 6.07 Å². The summed E-state index contributed by atoms with van der Waals surface area (Å²) in [6.45, 7) is 4.74. The molecular weight excluding hydrogens is 302 g/mol. The van der Waals surface area contributed by atoms with Crippen molar-refractivity contribution >= 4 is 23.5 Å². The molecule has 0 fully saturated rings. The minimum atomic E-state index is -0.625. The summed E-state index contributed by atoms with van der Waals surface area (Å²) < 4.78 is 15.2. The van der Waals surface area contributed by atoms with Crippen molar-refractivity contribution < 1.29 is 28.6 Å². The Bertz CT molecular complexity index is 632. The summed E-state index contributed by atoms with van der Waals surface area (Å²) in [6.07, 6.45) is -0.0219. The summed E-state index contributed by atoms with van der Waals surface area (Å²) in [4.78, 5) is 34.5. The minimum Gasteiger partial charge on any atom is -0.482 e. The number of hydrogen-bond acceptors (Lipinski definition) is 6. The number of carbonyl (C=O) groups is 3. The van der Waals surface area contributed by atoms with E-state index < -0.39 is 24.1 Å². The molecule has 0 aliphatic carbocycles. The predicted molar refractivity (Wildman–Crippen MR) is 81.1 cm³/mol. The van der Waals surface area contributed by atoms with Gasteiger partial charge in [0.2, 0.25) is 0 Å². The van der Waals surface area contributed by atoms with Gasteiger partial charge >= 0.3 is 11.9 Å². The first-order valence-corrected chi connectivity index (χ1v) is 7.16. The Kier molecular flexibility index (Phi) is 4.88. The van der Waals surface area contributed by atoms with Gasteiger partial charge in [0.25, 0.3) is 5.91 Å². The lowest BCUT2D eigenvalue weighted by Gasteiger charge is -2.19. The maximum atomic E-state index is 11.8. The first-order chi connectivity index (χ1) is 10.7. The molecule has 1 heterocycles. The van der Waals surface area contributed by atoms with Crippen molar-refractivity contribution in [1.82, 2.24) is 0 Å². The van der Waals surface area contributed by atoms with Gasteiger partial charge in [-0.2, -0.15) is 0 Å². The van der Waals surface area contributed by atoms with Crippen molar-refractivity contribution in [2.24, 2.45) is 0 Å². The molecule has 124 valence electrons. The molecule has 1 aliphatic rings. The highest BCUT2D eigenvalue weighted by atomic mass is 16.6. The summed E-state index contributed by atoms with van der Waals surface area (Å²) in [5.41, 5.74) is 0.530. The standard InChI is InChI=1S/C16H19NO6/c1-16(2,3)23-15(20)9-22-14(19)7-10-4-5-12-11(6-10)17-13(18)8-21-12/h4-6H,7-9H2,1-3H3,(H,17,18). The molecule has 1 N–H and O–H groups in total. The van der Waals surface area contributed by atoms with Gasteiger partial charge in [-0.25, -0.2) is 4.79 Å². The molecule has 1 aliphatic heterocycles. The van der Waals surface area contributed by atoms with E-state index in [4.69, 9.17) is 14.2 Å². The van der Waals surface area contributed by atoms with Crippen LogP contribution in [0.5, 0.6) is 5.75 Å². The van der Waals surface area contributed by atoms with Gasteiger partial charge in [0.05, 0.1) is 12.1 Å². The molecular formula is C16H19NO6. The van der Waals surface area contributed by atoms with Crippen molar-refractivity contribution in [1.29, 1.82) is 0 Å². The molecule has 0 bridgehead atoms. The quantitative estimate of drug-likeness (QED) is 0.844. The van der Waals surface area contributed by atoms with Crippen LogP contribution in [0.25, 0.3) is 0 Å². The Balaban J connectivity index is 1.87. The molecule has 1 aromatic carbocycles. The largest absolute Gasteiger partial charge is 0.482 e. The number of nitrogens with one attached hydrogen (secondary N) is 1. The lowest BCUT2D eigenvalue weighted by Crippen LogP contribution is -2.27. The normalized spacial score (nSPS) is 13.4. The van der Waals surface area contributed by atoms with Crippen LogP contribution in [0, 0.1) is 0 Å². The highest BCUT2D eigenvalue weighted by Gasteiger charge is 2.19. The van der Waals surface area contributed by atoms with E-state index >= 15 is 0 Å². The van der Waals surface area contributed by atoms with Gasteiger partial charge in [0.15, 0.2) is 13.2 Å². The molecule has 0 saturated carbocycles. The average molecular weight is 321 g/mol. The second kappa shape index (κ2) is 6.68. The van der Waals surface area contributed by atoms with Crippen LogP contribution in [0.2, 0.25) is 0 Å². The summed E-state index contributed by atoms with van der Waals surface area (Å²) in [5.74, 6) is -0.853. The Morgan fingerprint density at radius 3 is 2.70 bits per heavy atom. The molecule has 1 amide bonds. The van der Waals surface area contributed by atoms with Crippen LogP contribution < -0.4 is 10.1 Å². The first-order valence-electron chi connectivity index (χ1n) is 7.16. The van der Waals surface area contributed by atoms with Gasteiger partial charge in [-0.15, -0.1) is 0 Å². The SMILES string of the molecule is CC(C)(C)OC(=O)COC(=O)Cc1ccc2c(c1)NC(=O)CO2. The van der Waals surface area contributed by atoms with Crippen LogP contribution >= 0.6 is 0 Å². The fourth-order valence-electron chi connectivity index (χ4n) is 1.97. The number of amides is 1. The van der Waals surface area contributed by atoms with Crippen LogP contribution in [0.3, 0.4) is 0 Å². The number of benzene rings is 1. The second-order valence-electron chi connectivity index (χ2n) is 6.09. The zero-order valence-corrected chi connectivity index (χ0v) is 13.3. The lowest BCUT2D eigenvalue weighted by atomic mass is 10.1. The van der Waals surface area contributed by atoms with E-state index in [1.54, 1.807) is 39.0 Å². The third-order valence-electron chi connectivity index (χ3n) is 2.80. The van der Waals surface area contributed by atoms with E-state index in [0.717, 1.165) is 0 Å². The zero-order chi connectivity index (χ0) is 17.0. The topological polar surface area (TPSA) is 90.9 Å². The van der Waals surface area contributed by atoms with Crippen molar-refractivity contribution in [3.05, 3.63) is 23.8 Å². The highest BCUT2D eigenvalue weighted by Crippen LogP contribution is 2.28. The lowest BCUT2D eigenvalue weighted by molar-refractivity contribution is -0.166. The first kappa shape index (κ1) is 16.8. The number of esters is 2. The Labute approximate surface area is 133 Å². The molecule has 0 atom stereocenters. The molecule has 7 nitrogen and oxygen atoms in total. The molecule has 0 spiro atoms. The number of hydrogen-bond donors (Lipinski definition) is 1. The predicted octanol–water partition coefficient (Wildman–Crippen LogP) is 1.44. The molecule has 0 aromatic heterocycles. The molecule has 0 saturated heterocycles. The van der Waals surface area contributed by atoms with E-state index in [1.165, 1.54) is 0 Å². The monoisotopic (exact) mass is 321 g/mol. The van der Waals surface area contributed by atoms with Gasteiger partial charge < -0.3 is 19.5 Å². The van der Waals surface area contributed by atoms with Crippen molar-refractivity contribution in [2.45, 2.75) is 32.8 Å². The van der Waals surface area contributed by atoms with Gasteiger partial charge in [-0.3, -0.25) is 9.59 Å². The fraction of sp³-hybridized carbons (Fsp3) is 0.438. The smallest absolute Gasteiger partial charge is 0.344 e. The fourth-order valence-corrected chi connectivity index (χ4v) is 1.97. The maximum absolute atomic E-state index is 11.8. The Hall–Kier alpha value is -2.57. The Morgan fingerprint density at radius 1 is 1.26 bits per heavy atom. The molecule has 2 rings (SSSR count). The average Bonchev–Trinajstić information content (AvgIpc) is 2.43. The number of rotatable bonds is 4. The molecule has 23 heavy (non-hydrogen) atoms. The van der Waals surface area contributed by atoms with E-state index in [0.29, 0.717) is 17.0 Å². The molecule has 1 aromatic rings. The number of fused-ring (bicyclic) bond motifs is 1. The van der Waals surface area contributed by atoms with Crippen LogP contribution in [-0.4, -0.2) is 36.7 Å². The van der Waals surface area contributed by atoms with Crippen molar-refractivity contribution in [3.63, 3.8) is 0 Å². The van der Waals surface area contributed by atoms with Gasteiger partial charge in [-0.05, 0) is 38.5 Å². The number of carbonyl (C=O) groups excluding carboxylic acids is 3. The number of anilines is 1. The van der Waals surface area contributed by atoms with E-state index in [2.05, 4.69) is 5.32 Å². The minimum absolute atomic E-state index is 0.0219. The van der Waals surface area contributed by atoms with E-state index in [9.17, 15) is 14.4 Å². The molecule has 7 heteroatoms. The van der Waals surface area contributed by atoms with Crippen LogP contribution in [-0.2, 0) is 30.3 Å². The number of ether oxygens (including phenoxy) is 3. The summed E-state index contributed by atoms with van der Waals surface area (Å²) in [6, 6.07) is 5.01. The summed E-state index contributed by atoms with van der Waals surface area (Å²) in [5, 5.41) is 2.66. The Morgan fingerprint density at radius 2 is 2.00 bits per heavy atom. The molecule has 0 unspecified atom stereocenters. The zero-order valence-electron chi connectivity index (χ0n) is 13.3. The summed E-state index contributed by atoms with van der Waals surface area (Å²) in [7, 11) is 0. The maximum Gasteiger partial charge on any atom is 0.344 e. The van der Waals surface area contributed by atoms with Gasteiger partial charge in [0.1, 0.15) is 11.4 Å². The van der Waals surface area contributed by atoms with Crippen molar-refractivity contribution in [2.75, 3.05) is 18.5 Å². The third-order valence-corrected chi connectivity index (χ3v) is 2.80. The van der Waals surface area contributed by atoms with Crippen LogP contribution in [0.1, 0.15) is 26.3 Å². The van der Waals surface area contributed by atoms with E-state index in [1.807, 2.05) is 0 Å². The second-order valence-corrected chi connectivity index (χ2v) is 6.09. The third kappa shape index (κ3) is 5.28. The van der Waals surface area contributed by atoms with Gasteiger partial charge in [0, 0.05) is 0 Å². The van der Waals surface area contributed by atoms with Crippen LogP contribution in [0.15, 0.2) is 18.2 Å². The van der Waals surface area contributed by atoms with E-state index in [-0.39, 0.29) is 18.9 Å². The van der Waals surface area contributed by atoms with Crippen LogP contribution in [0.4, 0.5) is 5.69 Å². The van der Waals surface area contributed by atoms with Crippen molar-refractivity contribution in [3.8, 4) is 5.75 Å². The highest BCUT2D eigenvalue weighted by molar-refractivity contribution is 5.95.